The summed E-state index contributed by atoms with van der Waals surface area (Å²) in [6, 6.07) is 6.20. The number of nitrogens with two attached hydrogens (primary N) is 1. The third kappa shape index (κ3) is 2.36. The Kier molecular flexibility index (Phi) is 2.36. The molecule has 64 valence electrons. The zero-order valence-corrected chi connectivity index (χ0v) is 6.53. The van der Waals surface area contributed by atoms with Gasteiger partial charge in [-0.25, -0.2) is 0 Å². The maximum absolute atomic E-state index is 10.4. The van der Waals surface area contributed by atoms with Gasteiger partial charge in [0.2, 0.25) is 0 Å². The summed E-state index contributed by atoms with van der Waals surface area (Å²) in [6.45, 7) is 0. The van der Waals surface area contributed by atoms with Gasteiger partial charge in [0.1, 0.15) is 6.04 Å². The first-order valence-electron chi connectivity index (χ1n) is 4.13. The second-order valence-electron chi connectivity index (χ2n) is 2.56. The van der Waals surface area contributed by atoms with Crippen LogP contribution >= 0.6 is 0 Å². The van der Waals surface area contributed by atoms with E-state index in [1.54, 1.807) is 24.3 Å². The van der Waals surface area contributed by atoms with Crippen molar-refractivity contribution in [2.24, 2.45) is 5.73 Å². The number of carboxylic acids is 1. The summed E-state index contributed by atoms with van der Waals surface area (Å²) >= 11 is 0. The number of hydrogen-bond donors (Lipinski definition) is 2. The van der Waals surface area contributed by atoms with E-state index in [9.17, 15) is 4.79 Å². The normalized spacial score (nSPS) is 13.6. The lowest BCUT2D eigenvalue weighted by molar-refractivity contribution is -0.138. The number of carboxylic acid groups (broad SMARTS) is 1. The highest BCUT2D eigenvalue weighted by Gasteiger charge is 2.10. The van der Waals surface area contributed by atoms with Crippen molar-refractivity contribution >= 4 is 5.97 Å². The lowest BCUT2D eigenvalue weighted by atomic mass is 10.1. The second-order valence-corrected chi connectivity index (χ2v) is 2.56. The van der Waals surface area contributed by atoms with Crippen molar-refractivity contribution in [2.45, 2.75) is 12.5 Å². The molecule has 3 N–H and O–H groups in total. The van der Waals surface area contributed by atoms with Crippen molar-refractivity contribution in [2.75, 3.05) is 0 Å². The predicted octanol–water partition coefficient (Wildman–Crippen LogP) is 0.641. The Balaban J connectivity index is 2.64. The zero-order valence-electron chi connectivity index (χ0n) is 7.53. The summed E-state index contributed by atoms with van der Waals surface area (Å²) in [6.07, 6.45) is 0.301. The van der Waals surface area contributed by atoms with Crippen molar-refractivity contribution in [3.63, 3.8) is 0 Å². The minimum absolute atomic E-state index is 0.301. The molecule has 0 saturated carbocycles. The molecule has 12 heavy (non-hydrogen) atoms. The molecule has 1 rings (SSSR count). The third-order valence-electron chi connectivity index (χ3n) is 1.56. The average molecular weight is 166 g/mol. The number of carbonyl (C=O) groups is 1. The van der Waals surface area contributed by atoms with Gasteiger partial charge in [-0.1, -0.05) is 30.3 Å². The maximum Gasteiger partial charge on any atom is 0.320 e. The van der Waals surface area contributed by atoms with Crippen LogP contribution in [-0.4, -0.2) is 17.1 Å². The van der Waals surface area contributed by atoms with E-state index in [-0.39, 0.29) is 0 Å². The number of aliphatic carboxylic acids is 1. The average Bonchev–Trinajstić information content (AvgIpc) is 2.08. The van der Waals surface area contributed by atoms with Gasteiger partial charge in [0.15, 0.2) is 0 Å². The van der Waals surface area contributed by atoms with E-state index in [0.29, 0.717) is 12.5 Å². The van der Waals surface area contributed by atoms with E-state index >= 15 is 0 Å². The van der Waals surface area contributed by atoms with Crippen LogP contribution in [0.15, 0.2) is 30.3 Å². The van der Waals surface area contributed by atoms with Gasteiger partial charge in [-0.15, -0.1) is 0 Å². The topological polar surface area (TPSA) is 63.3 Å². The van der Waals surface area contributed by atoms with Crippen LogP contribution < -0.4 is 5.73 Å². The van der Waals surface area contributed by atoms with Crippen molar-refractivity contribution in [3.05, 3.63) is 35.9 Å². The van der Waals surface area contributed by atoms with Crippen molar-refractivity contribution < 1.29 is 11.3 Å². The van der Waals surface area contributed by atoms with E-state index in [0.717, 1.165) is 5.56 Å². The summed E-state index contributed by atoms with van der Waals surface area (Å²) in [4.78, 5) is 10.4. The second kappa shape index (κ2) is 3.88. The monoisotopic (exact) mass is 166 g/mol. The first kappa shape index (κ1) is 7.31. The Labute approximate surface area is 72.2 Å². The summed E-state index contributed by atoms with van der Waals surface area (Å²) in [7, 11) is 0. The molecule has 0 unspecified atom stereocenters. The lowest BCUT2D eigenvalue weighted by Gasteiger charge is -2.04. The van der Waals surface area contributed by atoms with Crippen LogP contribution in [-0.2, 0) is 11.2 Å². The largest absolute Gasteiger partial charge is 0.480 e. The third-order valence-corrected chi connectivity index (χ3v) is 1.56. The molecule has 0 fully saturated rings. The van der Waals surface area contributed by atoms with Gasteiger partial charge in [0, 0.05) is 0 Å². The Morgan fingerprint density at radius 2 is 2.25 bits per heavy atom. The molecule has 0 heterocycles. The molecule has 0 aliphatic carbocycles. The maximum atomic E-state index is 10.4. The molecule has 0 amide bonds. The molecule has 1 aromatic carbocycles. The minimum Gasteiger partial charge on any atom is -0.480 e. The van der Waals surface area contributed by atoms with Gasteiger partial charge in [-0.3, -0.25) is 4.79 Å². The highest BCUT2D eigenvalue weighted by molar-refractivity contribution is 5.73. The summed E-state index contributed by atoms with van der Waals surface area (Å²) in [5.74, 6) is -1.00. The molecule has 0 bridgehead atoms. The molecular formula is C9H11NO2. The Morgan fingerprint density at radius 3 is 2.75 bits per heavy atom. The fraction of sp³-hybridized carbons (Fsp3) is 0.222. The molecule has 3 heteroatoms. The molecular weight excluding hydrogens is 154 g/mol. The van der Waals surface area contributed by atoms with Crippen LogP contribution in [0, 0.1) is 0 Å². The molecule has 3 nitrogen and oxygen atoms in total. The van der Waals surface area contributed by atoms with Crippen molar-refractivity contribution in [1.29, 1.82) is 0 Å². The number of benzene rings is 1. The standard InChI is InChI=1S/C9H11NO2/c10-8(9(11)12)6-7-4-2-1-3-5-7/h1-5,8H,6,10H2,(H,11,12)/t8-/m0/s1/i1D. The summed E-state index contributed by atoms with van der Waals surface area (Å²) in [5.41, 5.74) is 6.18. The smallest absolute Gasteiger partial charge is 0.320 e. The molecule has 0 saturated heterocycles. The van der Waals surface area contributed by atoms with E-state index in [2.05, 4.69) is 0 Å². The first-order valence-corrected chi connectivity index (χ1v) is 3.63. The fourth-order valence-electron chi connectivity index (χ4n) is 0.899. The summed E-state index contributed by atoms with van der Waals surface area (Å²) < 4.78 is 7.21. The van der Waals surface area contributed by atoms with Crippen molar-refractivity contribution in [3.8, 4) is 0 Å². The quantitative estimate of drug-likeness (QED) is 0.692. The molecule has 0 spiro atoms. The van der Waals surface area contributed by atoms with E-state index < -0.39 is 12.0 Å². The van der Waals surface area contributed by atoms with Gasteiger partial charge < -0.3 is 10.8 Å². The highest BCUT2D eigenvalue weighted by atomic mass is 16.4. The highest BCUT2D eigenvalue weighted by Crippen LogP contribution is 2.01. The van der Waals surface area contributed by atoms with E-state index in [4.69, 9.17) is 12.2 Å². The number of rotatable bonds is 3. The van der Waals surface area contributed by atoms with E-state index in [1.165, 1.54) is 0 Å². The van der Waals surface area contributed by atoms with E-state index in [1.807, 2.05) is 0 Å². The van der Waals surface area contributed by atoms with Crippen molar-refractivity contribution in [1.82, 2.24) is 0 Å². The van der Waals surface area contributed by atoms with Gasteiger partial charge in [-0.2, -0.15) is 0 Å². The zero-order chi connectivity index (χ0) is 9.84. The Hall–Kier alpha value is -1.35. The molecule has 0 aliphatic heterocycles. The summed E-state index contributed by atoms with van der Waals surface area (Å²) in [5, 5.41) is 8.54. The van der Waals surface area contributed by atoms with Gasteiger partial charge in [0.05, 0.1) is 1.37 Å². The van der Waals surface area contributed by atoms with Crippen LogP contribution in [0.25, 0.3) is 0 Å². The first-order chi connectivity index (χ1) is 6.09. The molecule has 1 atom stereocenters. The Morgan fingerprint density at radius 1 is 1.67 bits per heavy atom. The minimum atomic E-state index is -1.00. The SMILES string of the molecule is [2H]c1ccc(C[C@H](N)C(=O)O)cc1. The molecule has 0 radical (unpaired) electrons. The Bertz CT molecular complexity index is 297. The van der Waals surface area contributed by atoms with Crippen LogP contribution in [0.4, 0.5) is 0 Å². The van der Waals surface area contributed by atoms with Crippen LogP contribution in [0.5, 0.6) is 0 Å². The lowest BCUT2D eigenvalue weighted by Crippen LogP contribution is -2.32. The molecule has 0 aliphatic rings. The van der Waals surface area contributed by atoms with Crippen LogP contribution in [0.2, 0.25) is 0 Å². The molecule has 0 aromatic heterocycles. The molecule has 1 aromatic rings. The predicted molar refractivity (Wildman–Crippen MR) is 45.8 cm³/mol. The fourth-order valence-corrected chi connectivity index (χ4v) is 0.899. The number of hydrogen-bond acceptors (Lipinski definition) is 2. The van der Waals surface area contributed by atoms with Gasteiger partial charge >= 0.3 is 5.97 Å². The van der Waals surface area contributed by atoms with Gasteiger partial charge in [-0.05, 0) is 12.0 Å². The van der Waals surface area contributed by atoms with Crippen LogP contribution in [0.1, 0.15) is 6.93 Å². The van der Waals surface area contributed by atoms with Crippen LogP contribution in [0.3, 0.4) is 0 Å². The van der Waals surface area contributed by atoms with Gasteiger partial charge in [0.25, 0.3) is 0 Å².